The predicted octanol–water partition coefficient (Wildman–Crippen LogP) is 3.66. The molecule has 1 N–H and O–H groups in total. The predicted molar refractivity (Wildman–Crippen MR) is 92.9 cm³/mol. The lowest BCUT2D eigenvalue weighted by Crippen LogP contribution is -2.33. The number of esters is 1. The van der Waals surface area contributed by atoms with Crippen LogP contribution in [-0.2, 0) is 11.3 Å². The number of aryl methyl sites for hydroxylation is 2. The number of nitrogens with one attached hydrogen (secondary N) is 1. The molecule has 1 aliphatic rings. The third kappa shape index (κ3) is 3.42. The maximum Gasteiger partial charge on any atom is 0.340 e. The van der Waals surface area contributed by atoms with Gasteiger partial charge in [-0.05, 0) is 44.7 Å². The molecule has 0 bridgehead atoms. The van der Waals surface area contributed by atoms with E-state index in [1.165, 1.54) is 38.4 Å². The Balaban J connectivity index is 1.78. The number of carbonyl (C=O) groups is 1. The molecule has 1 aromatic heterocycles. The number of rotatable bonds is 5. The van der Waals surface area contributed by atoms with Crippen molar-refractivity contribution in [3.05, 3.63) is 35.5 Å². The fourth-order valence-corrected chi connectivity index (χ4v) is 3.67. The first-order valence-electron chi connectivity index (χ1n) is 8.61. The number of piperidine rings is 1. The molecule has 0 amide bonds. The lowest BCUT2D eigenvalue weighted by atomic mass is 10.0. The van der Waals surface area contributed by atoms with Crippen LogP contribution in [0.25, 0.3) is 10.9 Å². The quantitative estimate of drug-likeness (QED) is 0.857. The van der Waals surface area contributed by atoms with Crippen LogP contribution in [0.3, 0.4) is 0 Å². The smallest absolute Gasteiger partial charge is 0.340 e. The van der Waals surface area contributed by atoms with Crippen LogP contribution in [0.15, 0.2) is 24.4 Å². The highest BCUT2D eigenvalue weighted by Gasteiger charge is 2.17. The minimum atomic E-state index is -0.256. The van der Waals surface area contributed by atoms with Gasteiger partial charge in [-0.15, -0.1) is 0 Å². The van der Waals surface area contributed by atoms with Gasteiger partial charge >= 0.3 is 5.97 Å². The fraction of sp³-hybridized carbons (Fsp3) is 0.526. The van der Waals surface area contributed by atoms with E-state index in [9.17, 15) is 4.79 Å². The van der Waals surface area contributed by atoms with E-state index in [0.29, 0.717) is 11.6 Å². The molecule has 2 aromatic rings. The van der Waals surface area contributed by atoms with Gasteiger partial charge in [0.25, 0.3) is 0 Å². The molecule has 0 spiro atoms. The Hall–Kier alpha value is -1.81. The number of carbonyl (C=O) groups excluding carboxylic acids is 1. The van der Waals surface area contributed by atoms with Crippen LogP contribution >= 0.6 is 0 Å². The second-order valence-electron chi connectivity index (χ2n) is 6.49. The third-order valence-corrected chi connectivity index (χ3v) is 4.87. The van der Waals surface area contributed by atoms with Gasteiger partial charge in [0.1, 0.15) is 0 Å². The van der Waals surface area contributed by atoms with Crippen LogP contribution < -0.4 is 5.32 Å². The molecule has 0 aliphatic carbocycles. The second kappa shape index (κ2) is 7.18. The molecular formula is C19H26N2O2. The summed E-state index contributed by atoms with van der Waals surface area (Å²) in [6.07, 6.45) is 8.21. The molecule has 4 nitrogen and oxygen atoms in total. The summed E-state index contributed by atoms with van der Waals surface area (Å²) in [5.74, 6) is -0.256. The van der Waals surface area contributed by atoms with Crippen molar-refractivity contribution < 1.29 is 9.53 Å². The first-order valence-corrected chi connectivity index (χ1v) is 8.61. The summed E-state index contributed by atoms with van der Waals surface area (Å²) in [5.41, 5.74) is 3.03. The summed E-state index contributed by atoms with van der Waals surface area (Å²) < 4.78 is 7.16. The zero-order chi connectivity index (χ0) is 16.2. The van der Waals surface area contributed by atoms with Gasteiger partial charge in [-0.1, -0.05) is 24.6 Å². The average molecular weight is 314 g/mol. The van der Waals surface area contributed by atoms with Gasteiger partial charge < -0.3 is 14.6 Å². The summed E-state index contributed by atoms with van der Waals surface area (Å²) >= 11 is 0. The molecule has 2 heterocycles. The van der Waals surface area contributed by atoms with Crippen molar-refractivity contribution in [3.8, 4) is 0 Å². The lowest BCUT2D eigenvalue weighted by Gasteiger charge is -2.23. The van der Waals surface area contributed by atoms with Crippen LogP contribution in [0.5, 0.6) is 0 Å². The zero-order valence-electron chi connectivity index (χ0n) is 14.1. The van der Waals surface area contributed by atoms with E-state index in [2.05, 4.69) is 22.9 Å². The molecule has 3 rings (SSSR count). The Labute approximate surface area is 137 Å². The number of para-hydroxylation sites is 1. The van der Waals surface area contributed by atoms with Gasteiger partial charge in [0, 0.05) is 24.2 Å². The van der Waals surface area contributed by atoms with E-state index in [1.54, 1.807) is 0 Å². The number of methoxy groups -OCH3 is 1. The van der Waals surface area contributed by atoms with Crippen molar-refractivity contribution in [3.63, 3.8) is 0 Å². The third-order valence-electron chi connectivity index (χ3n) is 4.87. The summed E-state index contributed by atoms with van der Waals surface area (Å²) in [6, 6.07) is 6.77. The van der Waals surface area contributed by atoms with Gasteiger partial charge in [-0.2, -0.15) is 0 Å². The number of benzene rings is 1. The normalized spacial score (nSPS) is 18.3. The second-order valence-corrected chi connectivity index (χ2v) is 6.49. The van der Waals surface area contributed by atoms with Crippen molar-refractivity contribution in [1.82, 2.24) is 9.88 Å². The molecule has 1 aliphatic heterocycles. The molecule has 1 saturated heterocycles. The van der Waals surface area contributed by atoms with E-state index in [1.807, 2.05) is 18.3 Å². The Morgan fingerprint density at radius 3 is 3.00 bits per heavy atom. The summed E-state index contributed by atoms with van der Waals surface area (Å²) in [7, 11) is 1.44. The van der Waals surface area contributed by atoms with E-state index in [-0.39, 0.29) is 5.97 Å². The highest BCUT2D eigenvalue weighted by molar-refractivity contribution is 6.05. The molecular weight excluding hydrogens is 288 g/mol. The fourth-order valence-electron chi connectivity index (χ4n) is 3.67. The lowest BCUT2D eigenvalue weighted by molar-refractivity contribution is 0.0602. The average Bonchev–Trinajstić information content (AvgIpc) is 2.95. The first kappa shape index (κ1) is 16.1. The molecule has 124 valence electrons. The van der Waals surface area contributed by atoms with Gasteiger partial charge in [0.15, 0.2) is 0 Å². The molecule has 4 heteroatoms. The molecule has 0 saturated carbocycles. The Kier molecular flexibility index (Phi) is 5.01. The Morgan fingerprint density at radius 1 is 1.39 bits per heavy atom. The Bertz CT molecular complexity index is 684. The molecule has 1 aromatic carbocycles. The Morgan fingerprint density at radius 2 is 2.26 bits per heavy atom. The van der Waals surface area contributed by atoms with Crippen LogP contribution in [0.2, 0.25) is 0 Å². The summed E-state index contributed by atoms with van der Waals surface area (Å²) in [6.45, 7) is 4.20. The summed E-state index contributed by atoms with van der Waals surface area (Å²) in [4.78, 5) is 12.0. The minimum absolute atomic E-state index is 0.256. The minimum Gasteiger partial charge on any atom is -0.465 e. The van der Waals surface area contributed by atoms with Crippen molar-refractivity contribution in [1.29, 1.82) is 0 Å². The van der Waals surface area contributed by atoms with Crippen molar-refractivity contribution in [2.45, 2.75) is 51.6 Å². The maximum atomic E-state index is 12.0. The molecule has 1 fully saturated rings. The van der Waals surface area contributed by atoms with Crippen molar-refractivity contribution >= 4 is 16.9 Å². The van der Waals surface area contributed by atoms with Crippen LogP contribution in [0, 0.1) is 6.92 Å². The number of fused-ring (bicyclic) bond motifs is 1. The molecule has 1 unspecified atom stereocenters. The highest BCUT2D eigenvalue weighted by atomic mass is 16.5. The number of nitrogens with zero attached hydrogens (tertiary/aromatic N) is 1. The first-order chi connectivity index (χ1) is 11.2. The van der Waals surface area contributed by atoms with Gasteiger partial charge in [0.05, 0.1) is 18.2 Å². The van der Waals surface area contributed by atoms with Crippen molar-refractivity contribution in [2.75, 3.05) is 13.7 Å². The van der Waals surface area contributed by atoms with E-state index < -0.39 is 0 Å². The number of ether oxygens (including phenoxy) is 1. The monoisotopic (exact) mass is 314 g/mol. The highest BCUT2D eigenvalue weighted by Crippen LogP contribution is 2.26. The van der Waals surface area contributed by atoms with Crippen LogP contribution in [0.1, 0.15) is 48.0 Å². The molecule has 1 atom stereocenters. The van der Waals surface area contributed by atoms with Crippen molar-refractivity contribution in [2.24, 2.45) is 0 Å². The topological polar surface area (TPSA) is 43.3 Å². The zero-order valence-corrected chi connectivity index (χ0v) is 14.1. The standard InChI is InChI=1S/C19H26N2O2/c1-14-7-5-10-16-17(19(22)23-2)13-21(18(14)16)12-6-9-15-8-3-4-11-20-15/h5,7,10,13,15,20H,3-4,6,8-9,11-12H2,1-2H3. The summed E-state index contributed by atoms with van der Waals surface area (Å²) in [5, 5.41) is 4.60. The molecule has 0 radical (unpaired) electrons. The number of aromatic nitrogens is 1. The van der Waals surface area contributed by atoms with Crippen LogP contribution in [0.4, 0.5) is 0 Å². The van der Waals surface area contributed by atoms with Gasteiger partial charge in [-0.3, -0.25) is 0 Å². The SMILES string of the molecule is COC(=O)c1cn(CCCC2CCCCN2)c2c(C)cccc12. The largest absolute Gasteiger partial charge is 0.465 e. The van der Waals surface area contributed by atoms with Crippen LogP contribution in [-0.4, -0.2) is 30.2 Å². The van der Waals surface area contributed by atoms with E-state index in [0.717, 1.165) is 30.4 Å². The van der Waals surface area contributed by atoms with E-state index >= 15 is 0 Å². The molecule has 23 heavy (non-hydrogen) atoms. The van der Waals surface area contributed by atoms with Gasteiger partial charge in [0.2, 0.25) is 0 Å². The van der Waals surface area contributed by atoms with Gasteiger partial charge in [-0.25, -0.2) is 4.79 Å². The number of hydrogen-bond donors (Lipinski definition) is 1. The number of hydrogen-bond acceptors (Lipinski definition) is 3. The maximum absolute atomic E-state index is 12.0. The van der Waals surface area contributed by atoms with E-state index in [4.69, 9.17) is 4.74 Å².